The molecule has 0 aromatic carbocycles. The van der Waals surface area contributed by atoms with Gasteiger partial charge in [0.1, 0.15) is 0 Å². The lowest BCUT2D eigenvalue weighted by atomic mass is 10.5. The van der Waals surface area contributed by atoms with Crippen LogP contribution in [0.1, 0.15) is 6.42 Å². The first-order valence-corrected chi connectivity index (χ1v) is 3.92. The summed E-state index contributed by atoms with van der Waals surface area (Å²) in [6, 6.07) is 0. The Labute approximate surface area is 83.2 Å². The van der Waals surface area contributed by atoms with Gasteiger partial charge in [-0.15, -0.1) is 12.4 Å². The van der Waals surface area contributed by atoms with E-state index in [1.165, 1.54) is 0 Å². The van der Waals surface area contributed by atoms with Crippen molar-refractivity contribution in [2.75, 3.05) is 13.2 Å². The lowest BCUT2D eigenvalue weighted by Gasteiger charge is -2.16. The molecule has 0 aliphatic heterocycles. The summed E-state index contributed by atoms with van der Waals surface area (Å²) < 4.78 is 40.2. The molecule has 0 aromatic rings. The second-order valence-corrected chi connectivity index (χ2v) is 2.66. The van der Waals surface area contributed by atoms with Gasteiger partial charge in [-0.25, -0.2) is 4.39 Å². The Morgan fingerprint density at radius 3 is 2.33 bits per heavy atom. The van der Waals surface area contributed by atoms with Crippen molar-refractivity contribution >= 4 is 28.3 Å². The lowest BCUT2D eigenvalue weighted by molar-refractivity contribution is -0.253. The molecule has 0 spiro atoms. The monoisotopic (exact) mass is 271 g/mol. The van der Waals surface area contributed by atoms with Crippen molar-refractivity contribution in [3.63, 3.8) is 0 Å². The van der Waals surface area contributed by atoms with Gasteiger partial charge in [-0.1, -0.05) is 0 Å². The topological polar surface area (TPSA) is 35.2 Å². The van der Waals surface area contributed by atoms with Gasteiger partial charge in [0.15, 0.2) is 0 Å². The molecule has 7 heteroatoms. The van der Waals surface area contributed by atoms with Gasteiger partial charge in [0.05, 0.1) is 6.61 Å². The van der Waals surface area contributed by atoms with Crippen LogP contribution in [0.5, 0.6) is 0 Å². The summed E-state index contributed by atoms with van der Waals surface area (Å²) in [6.07, 6.45) is -3.47. The molecule has 76 valence electrons. The zero-order chi connectivity index (χ0) is 8.91. The lowest BCUT2D eigenvalue weighted by Crippen LogP contribution is -2.29. The Bertz CT molecular complexity index is 117. The molecule has 0 saturated carbocycles. The van der Waals surface area contributed by atoms with Gasteiger partial charge >= 0.3 is 6.11 Å². The van der Waals surface area contributed by atoms with Crippen molar-refractivity contribution < 1.29 is 17.9 Å². The fraction of sp³-hybridized carbons (Fsp3) is 1.00. The predicted octanol–water partition coefficient (Wildman–Crippen LogP) is 2.06. The normalized spacial score (nSPS) is 13.8. The van der Waals surface area contributed by atoms with Crippen molar-refractivity contribution in [3.8, 4) is 0 Å². The molecule has 0 radical (unpaired) electrons. The fourth-order valence-electron chi connectivity index (χ4n) is 0.355. The first kappa shape index (κ1) is 15.0. The van der Waals surface area contributed by atoms with Crippen LogP contribution in [0.25, 0.3) is 0 Å². The molecule has 0 aromatic heterocycles. The molecule has 2 N–H and O–H groups in total. The Hall–Kier alpha value is 0.480. The quantitative estimate of drug-likeness (QED) is 0.614. The predicted molar refractivity (Wildman–Crippen MR) is 45.6 cm³/mol. The summed E-state index contributed by atoms with van der Waals surface area (Å²) in [5.74, 6) is 0. The highest BCUT2D eigenvalue weighted by Crippen LogP contribution is 2.27. The van der Waals surface area contributed by atoms with Crippen LogP contribution in [-0.4, -0.2) is 24.3 Å². The van der Waals surface area contributed by atoms with Crippen molar-refractivity contribution in [1.29, 1.82) is 0 Å². The highest BCUT2D eigenvalue weighted by Gasteiger charge is 2.39. The maximum Gasteiger partial charge on any atom is 0.396 e. The molecule has 0 amide bonds. The van der Waals surface area contributed by atoms with Gasteiger partial charge in [0.2, 0.25) is 5.08 Å². The van der Waals surface area contributed by atoms with E-state index in [9.17, 15) is 13.2 Å². The molecule has 0 fully saturated rings. The van der Waals surface area contributed by atoms with E-state index in [1.807, 2.05) is 0 Å². The molecule has 0 rings (SSSR count). The van der Waals surface area contributed by atoms with Crippen LogP contribution >= 0.6 is 28.3 Å². The first-order valence-electron chi connectivity index (χ1n) is 3.00. The summed E-state index contributed by atoms with van der Waals surface area (Å²) in [4.78, 5) is 0. The number of alkyl halides is 4. The van der Waals surface area contributed by atoms with Crippen molar-refractivity contribution in [2.24, 2.45) is 5.73 Å². The minimum Gasteiger partial charge on any atom is -0.330 e. The van der Waals surface area contributed by atoms with Gasteiger partial charge < -0.3 is 10.5 Å². The third-order valence-corrected chi connectivity index (χ3v) is 1.43. The molecule has 1 atom stereocenters. The molecule has 0 aliphatic rings. The smallest absolute Gasteiger partial charge is 0.330 e. The zero-order valence-electron chi connectivity index (χ0n) is 6.10. The van der Waals surface area contributed by atoms with E-state index in [2.05, 4.69) is 20.7 Å². The zero-order valence-corrected chi connectivity index (χ0v) is 8.51. The van der Waals surface area contributed by atoms with Gasteiger partial charge in [0, 0.05) is 0 Å². The number of hydrogen-bond acceptors (Lipinski definition) is 2. The molecule has 0 bridgehead atoms. The van der Waals surface area contributed by atoms with Crippen LogP contribution in [0.15, 0.2) is 0 Å². The highest BCUT2D eigenvalue weighted by molar-refractivity contribution is 9.09. The molecule has 12 heavy (non-hydrogen) atoms. The van der Waals surface area contributed by atoms with Crippen molar-refractivity contribution in [1.82, 2.24) is 0 Å². The number of halogens is 5. The Kier molecular flexibility index (Phi) is 8.66. The molecule has 0 heterocycles. The third kappa shape index (κ3) is 6.05. The number of rotatable bonds is 5. The van der Waals surface area contributed by atoms with Crippen LogP contribution < -0.4 is 5.73 Å². The van der Waals surface area contributed by atoms with Crippen LogP contribution in [0, 0.1) is 0 Å². The van der Waals surface area contributed by atoms with Crippen LogP contribution in [0.2, 0.25) is 0 Å². The Balaban J connectivity index is 0. The number of hydrogen-bond donors (Lipinski definition) is 1. The van der Waals surface area contributed by atoms with Gasteiger partial charge in [-0.05, 0) is 28.9 Å². The first-order chi connectivity index (χ1) is 5.00. The number of ether oxygens (including phenoxy) is 1. The van der Waals surface area contributed by atoms with E-state index in [0.29, 0.717) is 0 Å². The number of nitrogens with two attached hydrogens (primary N) is 1. The van der Waals surface area contributed by atoms with Gasteiger partial charge in [0.25, 0.3) is 0 Å². The van der Waals surface area contributed by atoms with Crippen LogP contribution in [-0.2, 0) is 4.74 Å². The molecule has 0 saturated heterocycles. The largest absolute Gasteiger partial charge is 0.396 e. The van der Waals surface area contributed by atoms with E-state index in [0.717, 1.165) is 0 Å². The SMILES string of the molecule is Cl.NCCCOC(F)(F)C(F)Br. The second-order valence-electron chi connectivity index (χ2n) is 1.85. The minimum atomic E-state index is -3.75. The summed E-state index contributed by atoms with van der Waals surface area (Å²) in [5, 5.41) is -2.47. The van der Waals surface area contributed by atoms with Gasteiger partial charge in [-0.3, -0.25) is 0 Å². The van der Waals surface area contributed by atoms with E-state index < -0.39 is 11.2 Å². The van der Waals surface area contributed by atoms with Crippen LogP contribution in [0.4, 0.5) is 13.2 Å². The summed E-state index contributed by atoms with van der Waals surface area (Å²) in [7, 11) is 0. The second kappa shape index (κ2) is 6.94. The van der Waals surface area contributed by atoms with Crippen LogP contribution in [0.3, 0.4) is 0 Å². The van der Waals surface area contributed by atoms with Gasteiger partial charge in [-0.2, -0.15) is 8.78 Å². The molecular formula is C5H10BrClF3NO. The molecule has 2 nitrogen and oxygen atoms in total. The molecule has 1 unspecified atom stereocenters. The molecule has 0 aliphatic carbocycles. The average Bonchev–Trinajstić information content (AvgIpc) is 1.88. The minimum absolute atomic E-state index is 0. The summed E-state index contributed by atoms with van der Waals surface area (Å²) >= 11 is 2.08. The molecular weight excluding hydrogens is 262 g/mol. The maximum atomic E-state index is 12.2. The van der Waals surface area contributed by atoms with Crippen molar-refractivity contribution in [2.45, 2.75) is 17.6 Å². The van der Waals surface area contributed by atoms with E-state index in [1.54, 1.807) is 0 Å². The Morgan fingerprint density at radius 2 is 2.00 bits per heavy atom. The standard InChI is InChI=1S/C5H9BrF3NO.ClH/c6-4(7)5(8,9)11-3-1-2-10;/h4H,1-3,10H2;1H. The van der Waals surface area contributed by atoms with E-state index >= 15 is 0 Å². The van der Waals surface area contributed by atoms with E-state index in [4.69, 9.17) is 5.73 Å². The maximum absolute atomic E-state index is 12.2. The summed E-state index contributed by atoms with van der Waals surface area (Å²) in [5.41, 5.74) is 5.00. The Morgan fingerprint density at radius 1 is 1.50 bits per heavy atom. The summed E-state index contributed by atoms with van der Waals surface area (Å²) in [6.45, 7) is 0.00480. The van der Waals surface area contributed by atoms with E-state index in [-0.39, 0.29) is 32.0 Å². The third-order valence-electron chi connectivity index (χ3n) is 0.897. The average molecular weight is 272 g/mol. The highest BCUT2D eigenvalue weighted by atomic mass is 79.9. The van der Waals surface area contributed by atoms with Crippen molar-refractivity contribution in [3.05, 3.63) is 0 Å². The fourth-order valence-corrected chi connectivity index (χ4v) is 0.487.